The number of hydrogen-bond donors (Lipinski definition) is 0. The maximum atomic E-state index is 5.86. The summed E-state index contributed by atoms with van der Waals surface area (Å²) in [4.78, 5) is 0. The second-order valence-electron chi connectivity index (χ2n) is 2.67. The van der Waals surface area contributed by atoms with Crippen molar-refractivity contribution in [1.82, 2.24) is 10.2 Å². The average Bonchev–Trinajstić information content (AvgIpc) is 2.70. The summed E-state index contributed by atoms with van der Waals surface area (Å²) in [7, 11) is 0. The Morgan fingerprint density at radius 2 is 2.21 bits per heavy atom. The molecule has 14 heavy (non-hydrogen) atoms. The standard InChI is InChI=1S/C8H6Cl2N2OS/c1-4(9)7-11-12-8(14-7)5-2-3-6(10)13-5/h2-4H,1H3. The van der Waals surface area contributed by atoms with E-state index in [2.05, 4.69) is 10.2 Å². The van der Waals surface area contributed by atoms with E-state index in [1.807, 2.05) is 6.92 Å². The van der Waals surface area contributed by atoms with Crippen molar-refractivity contribution in [1.29, 1.82) is 0 Å². The van der Waals surface area contributed by atoms with E-state index in [0.29, 0.717) is 16.0 Å². The Kier molecular flexibility index (Phi) is 2.76. The molecule has 0 aliphatic carbocycles. The van der Waals surface area contributed by atoms with Crippen LogP contribution in [0.15, 0.2) is 16.5 Å². The van der Waals surface area contributed by atoms with Gasteiger partial charge in [-0.15, -0.1) is 21.8 Å². The van der Waals surface area contributed by atoms with Crippen LogP contribution in [0.1, 0.15) is 17.3 Å². The molecular weight excluding hydrogens is 243 g/mol. The smallest absolute Gasteiger partial charge is 0.194 e. The van der Waals surface area contributed by atoms with Crippen molar-refractivity contribution in [3.8, 4) is 10.8 Å². The SMILES string of the molecule is CC(Cl)c1nnc(-c2ccc(Cl)o2)s1. The Hall–Kier alpha value is -0.580. The van der Waals surface area contributed by atoms with Crippen molar-refractivity contribution in [2.75, 3.05) is 0 Å². The molecule has 6 heteroatoms. The molecule has 0 radical (unpaired) electrons. The van der Waals surface area contributed by atoms with Gasteiger partial charge in [0.15, 0.2) is 16.0 Å². The van der Waals surface area contributed by atoms with Crippen LogP contribution in [0.2, 0.25) is 5.22 Å². The number of nitrogens with zero attached hydrogens (tertiary/aromatic N) is 2. The molecule has 0 saturated carbocycles. The fourth-order valence-electron chi connectivity index (χ4n) is 0.924. The average molecular weight is 249 g/mol. The Bertz CT molecular complexity index is 438. The van der Waals surface area contributed by atoms with Gasteiger partial charge in [0, 0.05) is 0 Å². The molecule has 0 aliphatic rings. The molecule has 0 fully saturated rings. The molecule has 2 aromatic rings. The minimum absolute atomic E-state index is 0.133. The van der Waals surface area contributed by atoms with Gasteiger partial charge in [-0.05, 0) is 30.7 Å². The van der Waals surface area contributed by atoms with Gasteiger partial charge in [-0.3, -0.25) is 0 Å². The molecule has 0 saturated heterocycles. The van der Waals surface area contributed by atoms with E-state index < -0.39 is 0 Å². The molecule has 74 valence electrons. The monoisotopic (exact) mass is 248 g/mol. The van der Waals surface area contributed by atoms with Gasteiger partial charge in [-0.25, -0.2) is 0 Å². The number of furan rings is 1. The Morgan fingerprint density at radius 3 is 2.71 bits per heavy atom. The lowest BCUT2D eigenvalue weighted by molar-refractivity contribution is 0.583. The largest absolute Gasteiger partial charge is 0.442 e. The highest BCUT2D eigenvalue weighted by Gasteiger charge is 2.13. The van der Waals surface area contributed by atoms with E-state index in [9.17, 15) is 0 Å². The lowest BCUT2D eigenvalue weighted by atomic mass is 10.5. The maximum Gasteiger partial charge on any atom is 0.194 e. The van der Waals surface area contributed by atoms with Crippen LogP contribution in [0.4, 0.5) is 0 Å². The predicted octanol–water partition coefficient (Wildman–Crippen LogP) is 3.75. The summed E-state index contributed by atoms with van der Waals surface area (Å²) in [6.45, 7) is 1.85. The number of rotatable bonds is 2. The van der Waals surface area contributed by atoms with E-state index >= 15 is 0 Å². The number of aromatic nitrogens is 2. The number of halogens is 2. The van der Waals surface area contributed by atoms with Gasteiger partial charge in [-0.1, -0.05) is 11.3 Å². The molecule has 1 atom stereocenters. The van der Waals surface area contributed by atoms with E-state index in [0.717, 1.165) is 5.01 Å². The predicted molar refractivity (Wildman–Crippen MR) is 56.9 cm³/mol. The Balaban J connectivity index is 2.33. The molecule has 2 aromatic heterocycles. The van der Waals surface area contributed by atoms with Crippen LogP contribution in [0.25, 0.3) is 10.8 Å². The quantitative estimate of drug-likeness (QED) is 0.761. The number of hydrogen-bond acceptors (Lipinski definition) is 4. The van der Waals surface area contributed by atoms with Gasteiger partial charge in [0.05, 0.1) is 5.38 Å². The first kappa shape index (κ1) is 9.96. The van der Waals surface area contributed by atoms with Gasteiger partial charge in [0.2, 0.25) is 0 Å². The molecule has 0 spiro atoms. The summed E-state index contributed by atoms with van der Waals surface area (Å²) in [5.74, 6) is 0.621. The first-order valence-corrected chi connectivity index (χ1v) is 5.53. The van der Waals surface area contributed by atoms with Gasteiger partial charge < -0.3 is 4.42 Å². The molecule has 3 nitrogen and oxygen atoms in total. The molecule has 0 aliphatic heterocycles. The molecule has 2 rings (SSSR count). The highest BCUT2D eigenvalue weighted by Crippen LogP contribution is 2.31. The topological polar surface area (TPSA) is 38.9 Å². The van der Waals surface area contributed by atoms with Crippen molar-refractivity contribution >= 4 is 34.5 Å². The zero-order valence-corrected chi connectivity index (χ0v) is 9.53. The van der Waals surface area contributed by atoms with Crippen LogP contribution in [0, 0.1) is 0 Å². The molecule has 0 aromatic carbocycles. The molecule has 2 heterocycles. The molecular formula is C8H6Cl2N2OS. The summed E-state index contributed by atoms with van der Waals surface area (Å²) >= 11 is 12.9. The second kappa shape index (κ2) is 3.88. The Labute approximate surface area is 94.7 Å². The lowest BCUT2D eigenvalue weighted by Crippen LogP contribution is -1.80. The summed E-state index contributed by atoms with van der Waals surface area (Å²) < 4.78 is 5.19. The minimum atomic E-state index is -0.133. The van der Waals surface area contributed by atoms with Crippen LogP contribution >= 0.6 is 34.5 Å². The Morgan fingerprint density at radius 1 is 1.43 bits per heavy atom. The summed E-state index contributed by atoms with van der Waals surface area (Å²) in [6, 6.07) is 3.42. The van der Waals surface area contributed by atoms with Crippen molar-refractivity contribution in [2.45, 2.75) is 12.3 Å². The van der Waals surface area contributed by atoms with Crippen LogP contribution < -0.4 is 0 Å². The summed E-state index contributed by atoms with van der Waals surface area (Å²) in [6.07, 6.45) is 0. The third-order valence-electron chi connectivity index (χ3n) is 1.56. The highest BCUT2D eigenvalue weighted by atomic mass is 35.5. The van der Waals surface area contributed by atoms with Gasteiger partial charge >= 0.3 is 0 Å². The van der Waals surface area contributed by atoms with Gasteiger partial charge in [0.25, 0.3) is 0 Å². The van der Waals surface area contributed by atoms with Gasteiger partial charge in [0.1, 0.15) is 5.01 Å². The third kappa shape index (κ3) is 1.92. The molecule has 0 N–H and O–H groups in total. The molecule has 1 unspecified atom stereocenters. The van der Waals surface area contributed by atoms with E-state index in [1.54, 1.807) is 12.1 Å². The van der Waals surface area contributed by atoms with Crippen molar-refractivity contribution in [2.24, 2.45) is 0 Å². The summed E-state index contributed by atoms with van der Waals surface area (Å²) in [5, 5.41) is 9.56. The van der Waals surface area contributed by atoms with E-state index in [-0.39, 0.29) is 5.38 Å². The van der Waals surface area contributed by atoms with Gasteiger partial charge in [-0.2, -0.15) is 0 Å². The zero-order chi connectivity index (χ0) is 10.1. The normalized spacial score (nSPS) is 13.1. The summed E-state index contributed by atoms with van der Waals surface area (Å²) in [5.41, 5.74) is 0. The van der Waals surface area contributed by atoms with E-state index in [1.165, 1.54) is 11.3 Å². The fourth-order valence-corrected chi connectivity index (χ4v) is 1.98. The van der Waals surface area contributed by atoms with Crippen molar-refractivity contribution in [3.63, 3.8) is 0 Å². The van der Waals surface area contributed by atoms with Crippen molar-refractivity contribution in [3.05, 3.63) is 22.4 Å². The first-order valence-electron chi connectivity index (χ1n) is 3.90. The van der Waals surface area contributed by atoms with E-state index in [4.69, 9.17) is 27.6 Å². The lowest BCUT2D eigenvalue weighted by Gasteiger charge is -1.90. The third-order valence-corrected chi connectivity index (χ3v) is 3.22. The van der Waals surface area contributed by atoms with Crippen molar-refractivity contribution < 1.29 is 4.42 Å². The van der Waals surface area contributed by atoms with Crippen LogP contribution in [-0.2, 0) is 0 Å². The number of alkyl halides is 1. The fraction of sp³-hybridized carbons (Fsp3) is 0.250. The first-order chi connectivity index (χ1) is 6.66. The van der Waals surface area contributed by atoms with Crippen LogP contribution in [0.3, 0.4) is 0 Å². The molecule has 0 bridgehead atoms. The highest BCUT2D eigenvalue weighted by molar-refractivity contribution is 7.14. The van der Waals surface area contributed by atoms with Crippen LogP contribution in [-0.4, -0.2) is 10.2 Å². The zero-order valence-electron chi connectivity index (χ0n) is 7.20. The molecule has 0 amide bonds. The van der Waals surface area contributed by atoms with Crippen LogP contribution in [0.5, 0.6) is 0 Å². The minimum Gasteiger partial charge on any atom is -0.442 e. The second-order valence-corrected chi connectivity index (χ2v) is 4.70. The maximum absolute atomic E-state index is 5.86.